The zero-order valence-corrected chi connectivity index (χ0v) is 34.1. The van der Waals surface area contributed by atoms with Crippen molar-refractivity contribution < 1.29 is 38.7 Å². The van der Waals surface area contributed by atoms with Crippen LogP contribution in [0.4, 0.5) is 0 Å². The topological polar surface area (TPSA) is 182 Å². The molecule has 2 rings (SSSR count). The van der Waals surface area contributed by atoms with Crippen molar-refractivity contribution >= 4 is 57.2 Å². The molecule has 5 amide bonds. The van der Waals surface area contributed by atoms with Crippen molar-refractivity contribution in [2.24, 2.45) is 11.3 Å². The van der Waals surface area contributed by atoms with Crippen LogP contribution in [-0.2, 0) is 39.0 Å². The summed E-state index contributed by atoms with van der Waals surface area (Å²) < 4.78 is 0.880. The first-order valence-corrected chi connectivity index (χ1v) is 18.6. The van der Waals surface area contributed by atoms with E-state index in [1.54, 1.807) is 20.2 Å². The van der Waals surface area contributed by atoms with Gasteiger partial charge in [-0.2, -0.15) is 0 Å². The largest absolute Gasteiger partial charge is 0.480 e. The van der Waals surface area contributed by atoms with E-state index in [0.29, 0.717) is 0 Å². The van der Waals surface area contributed by atoms with E-state index in [2.05, 4.69) is 31.9 Å². The molecule has 4 atom stereocenters. The maximum absolute atomic E-state index is 14.2. The number of carboxylic acid groups (broad SMARTS) is 1. The van der Waals surface area contributed by atoms with Crippen LogP contribution in [0.1, 0.15) is 86.6 Å². The number of rotatable bonds is 19. The van der Waals surface area contributed by atoms with E-state index in [-0.39, 0.29) is 61.3 Å². The Morgan fingerprint density at radius 2 is 1.57 bits per heavy atom. The Balaban J connectivity index is 2.15. The van der Waals surface area contributed by atoms with Gasteiger partial charge in [-0.3, -0.25) is 33.7 Å². The van der Waals surface area contributed by atoms with Gasteiger partial charge in [0.25, 0.3) is 11.8 Å². The molecule has 0 spiro atoms. The zero-order chi connectivity index (χ0) is 40.4. The van der Waals surface area contributed by atoms with E-state index in [1.807, 2.05) is 72.7 Å². The molecular formula is C39H56BrN5O8. The second-order valence-electron chi connectivity index (χ2n) is 15.5. The maximum Gasteiger partial charge on any atom is 0.326 e. The number of nitrogens with zero attached hydrogens (tertiary/aromatic N) is 2. The summed E-state index contributed by atoms with van der Waals surface area (Å²) in [5.41, 5.74) is -0.236. The lowest BCUT2D eigenvalue weighted by molar-refractivity contribution is -0.142. The Labute approximate surface area is 321 Å². The lowest BCUT2D eigenvalue weighted by Gasteiger charge is -2.40. The molecule has 0 saturated carbocycles. The third kappa shape index (κ3) is 12.4. The summed E-state index contributed by atoms with van der Waals surface area (Å²) in [6.07, 6.45) is 3.94. The number of amides is 5. The van der Waals surface area contributed by atoms with Crippen LogP contribution in [0.25, 0.3) is 0 Å². The quantitative estimate of drug-likeness (QED) is 0.119. The molecule has 1 aromatic carbocycles. The number of hydrogen-bond donors (Lipinski definition) is 4. The number of imide groups is 1. The van der Waals surface area contributed by atoms with Gasteiger partial charge in [-0.25, -0.2) is 4.79 Å². The van der Waals surface area contributed by atoms with Gasteiger partial charge in [0.1, 0.15) is 17.9 Å². The summed E-state index contributed by atoms with van der Waals surface area (Å²) in [6.45, 7) is 14.9. The summed E-state index contributed by atoms with van der Waals surface area (Å²) in [5, 5.41) is 18.4. The lowest BCUT2D eigenvalue weighted by Crippen LogP contribution is -2.61. The molecule has 13 nitrogen and oxygen atoms in total. The van der Waals surface area contributed by atoms with Crippen molar-refractivity contribution in [1.29, 1.82) is 0 Å². The van der Waals surface area contributed by atoms with Crippen LogP contribution in [0.2, 0.25) is 0 Å². The molecule has 14 heteroatoms. The molecular weight excluding hydrogens is 746 g/mol. The minimum absolute atomic E-state index is 0.0428. The number of halogens is 1. The van der Waals surface area contributed by atoms with Gasteiger partial charge in [-0.05, 0) is 55.8 Å². The van der Waals surface area contributed by atoms with E-state index in [1.165, 1.54) is 11.8 Å². The van der Waals surface area contributed by atoms with Crippen LogP contribution in [0.15, 0.2) is 52.5 Å². The number of Topliss-reactive ketones (excluding diaryl/α,β-unsaturated/α-hetero) is 1. The normalized spacial score (nSPS) is 15.9. The molecule has 1 aliphatic heterocycles. The molecule has 0 aliphatic carbocycles. The van der Waals surface area contributed by atoms with Crippen molar-refractivity contribution in [1.82, 2.24) is 25.8 Å². The van der Waals surface area contributed by atoms with E-state index >= 15 is 0 Å². The van der Waals surface area contributed by atoms with Crippen LogP contribution >= 0.6 is 15.9 Å². The number of ketones is 1. The predicted octanol–water partition coefficient (Wildman–Crippen LogP) is 3.90. The average Bonchev–Trinajstić information content (AvgIpc) is 3.38. The number of nitrogens with one attached hydrogen (secondary N) is 3. The lowest BCUT2D eigenvalue weighted by atomic mass is 9.76. The third-order valence-corrected chi connectivity index (χ3v) is 10.0. The van der Waals surface area contributed by atoms with Gasteiger partial charge in [-0.15, -0.1) is 0 Å². The number of hydrogen-bond acceptors (Lipinski definition) is 8. The monoisotopic (exact) mass is 801 g/mol. The highest BCUT2D eigenvalue weighted by atomic mass is 79.9. The van der Waals surface area contributed by atoms with Crippen LogP contribution in [0.3, 0.4) is 0 Å². The zero-order valence-electron chi connectivity index (χ0n) is 32.5. The van der Waals surface area contributed by atoms with Gasteiger partial charge < -0.3 is 26.0 Å². The second-order valence-corrected chi connectivity index (χ2v) is 16.4. The van der Waals surface area contributed by atoms with Gasteiger partial charge in [0.2, 0.25) is 17.7 Å². The highest BCUT2D eigenvalue weighted by Gasteiger charge is 2.42. The molecule has 4 N–H and O–H groups in total. The highest BCUT2D eigenvalue weighted by molar-refractivity contribution is 9.10. The predicted molar refractivity (Wildman–Crippen MR) is 205 cm³/mol. The first kappa shape index (κ1) is 45.0. The minimum atomic E-state index is -1.35. The molecule has 0 saturated heterocycles. The van der Waals surface area contributed by atoms with Gasteiger partial charge in [-0.1, -0.05) is 82.6 Å². The molecule has 1 heterocycles. The molecule has 0 bridgehead atoms. The Kier molecular flexibility index (Phi) is 16.3. The number of benzene rings is 1. The van der Waals surface area contributed by atoms with E-state index in [9.17, 15) is 38.7 Å². The molecule has 53 heavy (non-hydrogen) atoms. The molecule has 1 aliphatic rings. The standard InChI is InChI=1S/C39H56BrN5O8/c1-23(2)29(21-24(3)34(49)42-28(37(52)53)17-16-27(46)15-12-20-45-30(47)18-19-31(45)48)44(10)36(51)33(38(4,5)6)43-35(50)32(41-9)39(7,8)25-13-11-14-26(40)22-25/h11,13-14,18-19,21-23,28-29,32-33,41H,12,15-17,20H2,1-10H3,(H,42,49)(H,43,50)(H,52,53)/b24-21+/t28-,29-,32+,33-/m1/s1. The van der Waals surface area contributed by atoms with Crippen LogP contribution in [0, 0.1) is 11.3 Å². The summed E-state index contributed by atoms with van der Waals surface area (Å²) in [7, 11) is 3.31. The maximum atomic E-state index is 14.2. The summed E-state index contributed by atoms with van der Waals surface area (Å²) in [5.74, 6) is -3.99. The Hall–Kier alpha value is -4.17. The number of likely N-dealkylation sites (N-methyl/N-ethyl adjacent to an activating group) is 2. The molecule has 0 unspecified atom stereocenters. The van der Waals surface area contributed by atoms with Crippen molar-refractivity contribution in [2.45, 2.75) is 111 Å². The van der Waals surface area contributed by atoms with Crippen molar-refractivity contribution in [2.75, 3.05) is 20.6 Å². The van der Waals surface area contributed by atoms with Gasteiger partial charge in [0.15, 0.2) is 0 Å². The fraction of sp³-hybridized carbons (Fsp3) is 0.564. The van der Waals surface area contributed by atoms with Crippen LogP contribution < -0.4 is 16.0 Å². The van der Waals surface area contributed by atoms with E-state index in [4.69, 9.17) is 0 Å². The Bertz CT molecular complexity index is 1590. The first-order chi connectivity index (χ1) is 24.5. The molecule has 292 valence electrons. The number of carbonyl (C=O) groups excluding carboxylic acids is 6. The SMILES string of the molecule is CN[C@@H](C(=O)N[C@H](C(=O)N(C)[C@H](/C=C(\C)C(=O)N[C@H](CCC(=O)CCCN1C(=O)C=CC1=O)C(=O)O)C(C)C)C(C)(C)C)C(C)(C)c1cccc(Br)c1. The van der Waals surface area contributed by atoms with Gasteiger partial charge in [0, 0.05) is 54.0 Å². The average molecular weight is 803 g/mol. The molecule has 1 aromatic rings. The Morgan fingerprint density at radius 1 is 0.962 bits per heavy atom. The van der Waals surface area contributed by atoms with Gasteiger partial charge in [0.05, 0.1) is 12.1 Å². The molecule has 0 fully saturated rings. The van der Waals surface area contributed by atoms with Crippen molar-refractivity contribution in [3.8, 4) is 0 Å². The second kappa shape index (κ2) is 19.2. The summed E-state index contributed by atoms with van der Waals surface area (Å²) in [4.78, 5) is 91.7. The van der Waals surface area contributed by atoms with Crippen LogP contribution in [0.5, 0.6) is 0 Å². The molecule has 0 aromatic heterocycles. The van der Waals surface area contributed by atoms with Gasteiger partial charge >= 0.3 is 5.97 Å². The van der Waals surface area contributed by atoms with E-state index in [0.717, 1.165) is 27.1 Å². The number of carbonyl (C=O) groups is 7. The van der Waals surface area contributed by atoms with Crippen molar-refractivity contribution in [3.63, 3.8) is 0 Å². The fourth-order valence-corrected chi connectivity index (χ4v) is 6.63. The van der Waals surface area contributed by atoms with Crippen LogP contribution in [-0.4, -0.2) is 101 Å². The Morgan fingerprint density at radius 3 is 2.08 bits per heavy atom. The van der Waals surface area contributed by atoms with E-state index < -0.39 is 58.7 Å². The fourth-order valence-electron chi connectivity index (χ4n) is 6.23. The minimum Gasteiger partial charge on any atom is -0.480 e. The summed E-state index contributed by atoms with van der Waals surface area (Å²) in [6, 6.07) is 4.16. The third-order valence-electron chi connectivity index (χ3n) is 9.55. The summed E-state index contributed by atoms with van der Waals surface area (Å²) >= 11 is 3.51. The highest BCUT2D eigenvalue weighted by Crippen LogP contribution is 2.30. The number of aliphatic carboxylic acids is 1. The van der Waals surface area contributed by atoms with Crippen molar-refractivity contribution in [3.05, 3.63) is 58.1 Å². The number of carboxylic acids is 1. The first-order valence-electron chi connectivity index (χ1n) is 17.8. The smallest absolute Gasteiger partial charge is 0.326 e. The molecule has 0 radical (unpaired) electrons.